The maximum absolute atomic E-state index is 11.7. The molecular formula is C14H19ClN2O3. The smallest absolute Gasteiger partial charge is 0.258 e. The SMILES string of the molecule is CCC[C@@H](C)NC(=O)COc1ccc(Cl)cc1C(N)=O. The van der Waals surface area contributed by atoms with Crippen molar-refractivity contribution in [3.8, 4) is 5.75 Å². The molecule has 1 rings (SSSR count). The van der Waals surface area contributed by atoms with Gasteiger partial charge in [0.05, 0.1) is 5.56 Å². The fourth-order valence-electron chi connectivity index (χ4n) is 1.79. The summed E-state index contributed by atoms with van der Waals surface area (Å²) in [6, 6.07) is 4.60. The van der Waals surface area contributed by atoms with Crippen molar-refractivity contribution in [3.63, 3.8) is 0 Å². The maximum Gasteiger partial charge on any atom is 0.258 e. The van der Waals surface area contributed by atoms with Crippen LogP contribution in [-0.2, 0) is 4.79 Å². The van der Waals surface area contributed by atoms with Crippen LogP contribution in [0, 0.1) is 0 Å². The number of ether oxygens (including phenoxy) is 1. The molecule has 1 aromatic rings. The van der Waals surface area contributed by atoms with Gasteiger partial charge in [0.1, 0.15) is 5.75 Å². The van der Waals surface area contributed by atoms with E-state index in [4.69, 9.17) is 22.1 Å². The summed E-state index contributed by atoms with van der Waals surface area (Å²) in [5, 5.41) is 3.19. The van der Waals surface area contributed by atoms with Crippen LogP contribution in [0.15, 0.2) is 18.2 Å². The van der Waals surface area contributed by atoms with Gasteiger partial charge in [0, 0.05) is 11.1 Å². The van der Waals surface area contributed by atoms with Gasteiger partial charge in [-0.15, -0.1) is 0 Å². The van der Waals surface area contributed by atoms with E-state index in [1.807, 2.05) is 13.8 Å². The summed E-state index contributed by atoms with van der Waals surface area (Å²) in [4.78, 5) is 22.9. The van der Waals surface area contributed by atoms with Gasteiger partial charge >= 0.3 is 0 Å². The van der Waals surface area contributed by atoms with Crippen LogP contribution < -0.4 is 15.8 Å². The number of amides is 2. The highest BCUT2D eigenvalue weighted by Crippen LogP contribution is 2.22. The Labute approximate surface area is 123 Å². The van der Waals surface area contributed by atoms with Gasteiger partial charge in [0.25, 0.3) is 11.8 Å². The lowest BCUT2D eigenvalue weighted by atomic mass is 10.2. The van der Waals surface area contributed by atoms with Gasteiger partial charge < -0.3 is 15.8 Å². The lowest BCUT2D eigenvalue weighted by molar-refractivity contribution is -0.123. The number of primary amides is 1. The number of nitrogens with one attached hydrogen (secondary N) is 1. The van der Waals surface area contributed by atoms with E-state index < -0.39 is 5.91 Å². The highest BCUT2D eigenvalue weighted by atomic mass is 35.5. The number of carbonyl (C=O) groups excluding carboxylic acids is 2. The Balaban J connectivity index is 2.61. The van der Waals surface area contributed by atoms with Gasteiger partial charge in [-0.3, -0.25) is 9.59 Å². The highest BCUT2D eigenvalue weighted by Gasteiger charge is 2.12. The predicted molar refractivity (Wildman–Crippen MR) is 78.0 cm³/mol. The van der Waals surface area contributed by atoms with Gasteiger partial charge in [-0.1, -0.05) is 24.9 Å². The molecule has 0 saturated carbocycles. The second kappa shape index (κ2) is 7.75. The molecule has 0 aliphatic rings. The number of halogens is 1. The molecule has 0 bridgehead atoms. The first-order valence-electron chi connectivity index (χ1n) is 6.45. The third-order valence-electron chi connectivity index (χ3n) is 2.69. The van der Waals surface area contributed by atoms with Crippen molar-refractivity contribution in [1.29, 1.82) is 0 Å². The normalized spacial score (nSPS) is 11.8. The number of benzene rings is 1. The molecule has 0 unspecified atom stereocenters. The molecule has 6 heteroatoms. The highest BCUT2D eigenvalue weighted by molar-refractivity contribution is 6.31. The van der Waals surface area contributed by atoms with Gasteiger partial charge in [0.15, 0.2) is 6.61 Å². The average molecular weight is 299 g/mol. The van der Waals surface area contributed by atoms with Crippen molar-refractivity contribution in [2.24, 2.45) is 5.73 Å². The summed E-state index contributed by atoms with van der Waals surface area (Å²) < 4.78 is 5.32. The van der Waals surface area contributed by atoms with Gasteiger partial charge in [-0.05, 0) is 31.5 Å². The van der Waals surface area contributed by atoms with E-state index in [2.05, 4.69) is 5.32 Å². The summed E-state index contributed by atoms with van der Waals surface area (Å²) in [5.74, 6) is -0.640. The van der Waals surface area contributed by atoms with Crippen molar-refractivity contribution in [2.45, 2.75) is 32.7 Å². The summed E-state index contributed by atoms with van der Waals surface area (Å²) in [6.07, 6.45) is 1.89. The molecule has 0 heterocycles. The first kappa shape index (κ1) is 16.3. The van der Waals surface area contributed by atoms with Crippen LogP contribution in [-0.4, -0.2) is 24.5 Å². The minimum Gasteiger partial charge on any atom is -0.483 e. The van der Waals surface area contributed by atoms with Crippen LogP contribution in [0.25, 0.3) is 0 Å². The fraction of sp³-hybridized carbons (Fsp3) is 0.429. The van der Waals surface area contributed by atoms with E-state index in [0.717, 1.165) is 12.8 Å². The molecule has 0 fully saturated rings. The standard InChI is InChI=1S/C14H19ClN2O3/c1-3-4-9(2)17-13(18)8-20-12-6-5-10(15)7-11(12)14(16)19/h5-7,9H,3-4,8H2,1-2H3,(H2,16,19)(H,17,18)/t9-/m1/s1. The molecule has 2 amide bonds. The summed E-state index contributed by atoms with van der Waals surface area (Å²) in [6.45, 7) is 3.81. The molecule has 0 spiro atoms. The molecule has 1 aromatic carbocycles. The maximum atomic E-state index is 11.7. The molecule has 0 aliphatic carbocycles. The topological polar surface area (TPSA) is 81.4 Å². The van der Waals surface area contributed by atoms with Gasteiger partial charge in [-0.2, -0.15) is 0 Å². The molecule has 3 N–H and O–H groups in total. The summed E-state index contributed by atoms with van der Waals surface area (Å²) in [7, 11) is 0. The molecule has 0 aliphatic heterocycles. The molecule has 1 atom stereocenters. The fourth-order valence-corrected chi connectivity index (χ4v) is 1.96. The number of hydrogen-bond acceptors (Lipinski definition) is 3. The molecule has 0 radical (unpaired) electrons. The first-order valence-corrected chi connectivity index (χ1v) is 6.83. The molecule has 110 valence electrons. The van der Waals surface area contributed by atoms with E-state index in [0.29, 0.717) is 5.02 Å². The Hall–Kier alpha value is -1.75. The Morgan fingerprint density at radius 3 is 2.75 bits per heavy atom. The number of carbonyl (C=O) groups is 2. The number of hydrogen-bond donors (Lipinski definition) is 2. The van der Waals surface area contributed by atoms with Crippen LogP contribution in [0.5, 0.6) is 5.75 Å². The third kappa shape index (κ3) is 5.09. The van der Waals surface area contributed by atoms with Gasteiger partial charge in [0.2, 0.25) is 0 Å². The Bertz CT molecular complexity index is 491. The van der Waals surface area contributed by atoms with E-state index in [1.54, 1.807) is 6.07 Å². The Morgan fingerprint density at radius 2 is 2.15 bits per heavy atom. The average Bonchev–Trinajstić information content (AvgIpc) is 2.37. The van der Waals surface area contributed by atoms with Crippen LogP contribution in [0.3, 0.4) is 0 Å². The number of rotatable bonds is 7. The molecular weight excluding hydrogens is 280 g/mol. The van der Waals surface area contributed by atoms with Crippen molar-refractivity contribution >= 4 is 23.4 Å². The number of nitrogens with two attached hydrogens (primary N) is 1. The van der Waals surface area contributed by atoms with E-state index >= 15 is 0 Å². The molecule has 5 nitrogen and oxygen atoms in total. The van der Waals surface area contributed by atoms with Crippen molar-refractivity contribution in [3.05, 3.63) is 28.8 Å². The van der Waals surface area contributed by atoms with Crippen LogP contribution in [0.1, 0.15) is 37.0 Å². The second-order valence-corrected chi connectivity index (χ2v) is 4.99. The van der Waals surface area contributed by atoms with Gasteiger partial charge in [-0.25, -0.2) is 0 Å². The van der Waals surface area contributed by atoms with Crippen LogP contribution >= 0.6 is 11.6 Å². The minimum atomic E-state index is -0.651. The minimum absolute atomic E-state index is 0.0944. The molecule has 0 saturated heterocycles. The largest absolute Gasteiger partial charge is 0.483 e. The molecule has 0 aromatic heterocycles. The lowest BCUT2D eigenvalue weighted by Gasteiger charge is -2.14. The van der Waals surface area contributed by atoms with Crippen molar-refractivity contribution < 1.29 is 14.3 Å². The van der Waals surface area contributed by atoms with Crippen molar-refractivity contribution in [2.75, 3.05) is 6.61 Å². The quantitative estimate of drug-likeness (QED) is 0.809. The van der Waals surface area contributed by atoms with E-state index in [9.17, 15) is 9.59 Å². The van der Waals surface area contributed by atoms with E-state index in [1.165, 1.54) is 12.1 Å². The zero-order chi connectivity index (χ0) is 15.1. The zero-order valence-electron chi connectivity index (χ0n) is 11.6. The van der Waals surface area contributed by atoms with E-state index in [-0.39, 0.29) is 29.9 Å². The summed E-state index contributed by atoms with van der Waals surface area (Å²) in [5.41, 5.74) is 5.39. The third-order valence-corrected chi connectivity index (χ3v) is 2.93. The first-order chi connectivity index (χ1) is 9.43. The van der Waals surface area contributed by atoms with Crippen molar-refractivity contribution in [1.82, 2.24) is 5.32 Å². The van der Waals surface area contributed by atoms with Crippen LogP contribution in [0.4, 0.5) is 0 Å². The monoisotopic (exact) mass is 298 g/mol. The Kier molecular flexibility index (Phi) is 6.31. The Morgan fingerprint density at radius 1 is 1.45 bits per heavy atom. The second-order valence-electron chi connectivity index (χ2n) is 4.55. The predicted octanol–water partition coefficient (Wildman–Crippen LogP) is 2.12. The van der Waals surface area contributed by atoms with Crippen LogP contribution in [0.2, 0.25) is 5.02 Å². The summed E-state index contributed by atoms with van der Waals surface area (Å²) >= 11 is 5.78. The lowest BCUT2D eigenvalue weighted by Crippen LogP contribution is -2.36. The molecule has 20 heavy (non-hydrogen) atoms. The zero-order valence-corrected chi connectivity index (χ0v) is 12.4.